The highest BCUT2D eigenvalue weighted by atomic mass is 32.2. The minimum absolute atomic E-state index is 0.0297. The third-order valence-corrected chi connectivity index (χ3v) is 6.99. The van der Waals surface area contributed by atoms with Crippen LogP contribution in [0.4, 0.5) is 5.69 Å². The van der Waals surface area contributed by atoms with E-state index in [9.17, 15) is 13.2 Å². The van der Waals surface area contributed by atoms with Crippen LogP contribution in [0.2, 0.25) is 0 Å². The Morgan fingerprint density at radius 3 is 2.32 bits per heavy atom. The lowest BCUT2D eigenvalue weighted by atomic mass is 10.1. The lowest BCUT2D eigenvalue weighted by Crippen LogP contribution is -2.50. The highest BCUT2D eigenvalue weighted by Crippen LogP contribution is 2.31. The summed E-state index contributed by atoms with van der Waals surface area (Å²) >= 11 is 0. The molecule has 3 heterocycles. The molecule has 0 spiro atoms. The van der Waals surface area contributed by atoms with Gasteiger partial charge in [0.2, 0.25) is 5.91 Å². The largest absolute Gasteiger partial charge is 0.365 e. The summed E-state index contributed by atoms with van der Waals surface area (Å²) in [4.78, 5) is 16.4. The smallest absolute Gasteiger partial charge is 0.225 e. The Bertz CT molecular complexity index is 761. The van der Waals surface area contributed by atoms with E-state index in [-0.39, 0.29) is 29.4 Å². The third kappa shape index (κ3) is 3.54. The molecule has 140 valence electrons. The average Bonchev–Trinajstić information content (AvgIpc) is 3.06. The van der Waals surface area contributed by atoms with Gasteiger partial charge in [0.15, 0.2) is 9.84 Å². The Balaban J connectivity index is 1.75. The van der Waals surface area contributed by atoms with Crippen molar-refractivity contribution in [1.82, 2.24) is 14.7 Å². The van der Waals surface area contributed by atoms with Crippen LogP contribution in [-0.4, -0.2) is 66.7 Å². The zero-order valence-corrected chi connectivity index (χ0v) is 16.3. The number of hydrogen-bond donors (Lipinski definition) is 0. The molecule has 1 aromatic heterocycles. The summed E-state index contributed by atoms with van der Waals surface area (Å²) in [5.41, 5.74) is 3.06. The molecule has 2 aliphatic heterocycles. The zero-order valence-electron chi connectivity index (χ0n) is 15.5. The number of carbonyl (C=O) groups is 1. The molecule has 25 heavy (non-hydrogen) atoms. The molecule has 0 aromatic carbocycles. The van der Waals surface area contributed by atoms with E-state index in [0.717, 1.165) is 43.3 Å². The van der Waals surface area contributed by atoms with Crippen molar-refractivity contribution in [2.24, 2.45) is 5.92 Å². The normalized spacial score (nSPS) is 23.5. The molecule has 3 rings (SSSR count). The van der Waals surface area contributed by atoms with Gasteiger partial charge in [-0.05, 0) is 20.3 Å². The number of aryl methyl sites for hydroxylation is 1. The van der Waals surface area contributed by atoms with Crippen molar-refractivity contribution in [2.45, 2.75) is 40.2 Å². The fraction of sp³-hybridized carbons (Fsp3) is 0.765. The van der Waals surface area contributed by atoms with Gasteiger partial charge in [0.05, 0.1) is 34.6 Å². The summed E-state index contributed by atoms with van der Waals surface area (Å²) in [6.07, 6.45) is 0.639. The van der Waals surface area contributed by atoms with E-state index < -0.39 is 9.84 Å². The van der Waals surface area contributed by atoms with Crippen LogP contribution in [0.25, 0.3) is 0 Å². The van der Waals surface area contributed by atoms with Crippen molar-refractivity contribution in [3.63, 3.8) is 0 Å². The van der Waals surface area contributed by atoms with Crippen molar-refractivity contribution >= 4 is 21.4 Å². The molecule has 2 saturated heterocycles. The molecule has 2 aliphatic rings. The van der Waals surface area contributed by atoms with E-state index in [2.05, 4.69) is 10.00 Å². The number of hydrogen-bond acceptors (Lipinski definition) is 5. The molecule has 1 aromatic rings. The monoisotopic (exact) mass is 368 g/mol. The van der Waals surface area contributed by atoms with Gasteiger partial charge in [-0.1, -0.05) is 13.8 Å². The van der Waals surface area contributed by atoms with Crippen LogP contribution in [0, 0.1) is 19.8 Å². The molecule has 0 saturated carbocycles. The van der Waals surface area contributed by atoms with Gasteiger partial charge < -0.3 is 9.80 Å². The van der Waals surface area contributed by atoms with E-state index in [0.29, 0.717) is 6.42 Å². The van der Waals surface area contributed by atoms with Gasteiger partial charge in [-0.15, -0.1) is 0 Å². The van der Waals surface area contributed by atoms with Crippen LogP contribution < -0.4 is 4.90 Å². The van der Waals surface area contributed by atoms with Gasteiger partial charge in [-0.2, -0.15) is 5.10 Å². The Kier molecular flexibility index (Phi) is 4.83. The summed E-state index contributed by atoms with van der Waals surface area (Å²) in [5, 5.41) is 4.65. The first-order valence-corrected chi connectivity index (χ1v) is 10.8. The van der Waals surface area contributed by atoms with Crippen molar-refractivity contribution in [1.29, 1.82) is 0 Å². The summed E-state index contributed by atoms with van der Waals surface area (Å²) < 4.78 is 25.5. The molecule has 0 N–H and O–H groups in total. The molecule has 7 nitrogen and oxygen atoms in total. The van der Waals surface area contributed by atoms with Gasteiger partial charge in [-0.25, -0.2) is 8.42 Å². The minimum Gasteiger partial charge on any atom is -0.365 e. The molecule has 8 heteroatoms. The fourth-order valence-electron chi connectivity index (χ4n) is 3.95. The minimum atomic E-state index is -2.93. The standard InChI is InChI=1S/C17H28N4O3S/c1-12(2)17(22)20-8-6-19(7-9-20)16-13(3)18-21(14(16)4)15-5-10-25(23,24)11-15/h12,15H,5-11H2,1-4H3. The number of carbonyl (C=O) groups excluding carboxylic acids is 1. The quantitative estimate of drug-likeness (QED) is 0.800. The van der Waals surface area contributed by atoms with E-state index in [1.165, 1.54) is 0 Å². The molecule has 0 radical (unpaired) electrons. The Hall–Kier alpha value is -1.57. The molecule has 1 atom stereocenters. The molecule has 1 amide bonds. The van der Waals surface area contributed by atoms with Gasteiger partial charge in [0, 0.05) is 32.1 Å². The number of amides is 1. The highest BCUT2D eigenvalue weighted by Gasteiger charge is 2.33. The topological polar surface area (TPSA) is 75.5 Å². The van der Waals surface area contributed by atoms with Crippen molar-refractivity contribution in [3.8, 4) is 0 Å². The predicted octanol–water partition coefficient (Wildman–Crippen LogP) is 1.16. The number of sulfone groups is 1. The lowest BCUT2D eigenvalue weighted by molar-refractivity contribution is -0.134. The maximum absolute atomic E-state index is 12.1. The summed E-state index contributed by atoms with van der Waals surface area (Å²) in [6, 6.07) is -0.0544. The van der Waals surface area contributed by atoms with Gasteiger partial charge in [0.25, 0.3) is 0 Å². The Morgan fingerprint density at radius 2 is 1.80 bits per heavy atom. The molecule has 1 unspecified atom stereocenters. The van der Waals surface area contributed by atoms with Crippen molar-refractivity contribution < 1.29 is 13.2 Å². The van der Waals surface area contributed by atoms with Gasteiger partial charge in [-0.3, -0.25) is 9.48 Å². The number of piperazine rings is 1. The first kappa shape index (κ1) is 18.2. The summed E-state index contributed by atoms with van der Waals surface area (Å²) in [6.45, 7) is 10.9. The van der Waals surface area contributed by atoms with E-state index in [4.69, 9.17) is 0 Å². The van der Waals surface area contributed by atoms with Crippen LogP contribution in [0.5, 0.6) is 0 Å². The summed E-state index contributed by atoms with van der Waals surface area (Å²) in [5.74, 6) is 0.675. The second kappa shape index (κ2) is 6.63. The van der Waals surface area contributed by atoms with Crippen LogP contribution in [0.3, 0.4) is 0 Å². The predicted molar refractivity (Wildman–Crippen MR) is 97.6 cm³/mol. The Labute approximate surface area is 149 Å². The Morgan fingerprint density at radius 1 is 1.16 bits per heavy atom. The van der Waals surface area contributed by atoms with Crippen molar-refractivity contribution in [3.05, 3.63) is 11.4 Å². The second-order valence-electron chi connectivity index (χ2n) is 7.49. The van der Waals surface area contributed by atoms with Crippen LogP contribution in [0.1, 0.15) is 37.7 Å². The molecule has 2 fully saturated rings. The van der Waals surface area contributed by atoms with E-state index in [1.54, 1.807) is 0 Å². The SMILES string of the molecule is Cc1nn(C2CCS(=O)(=O)C2)c(C)c1N1CCN(C(=O)C(C)C)CC1. The van der Waals surface area contributed by atoms with Crippen LogP contribution >= 0.6 is 0 Å². The van der Waals surface area contributed by atoms with Crippen molar-refractivity contribution in [2.75, 3.05) is 42.6 Å². The first-order valence-electron chi connectivity index (χ1n) is 8.99. The van der Waals surface area contributed by atoms with Crippen LogP contribution in [0.15, 0.2) is 0 Å². The maximum Gasteiger partial charge on any atom is 0.225 e. The van der Waals surface area contributed by atoms with E-state index in [1.807, 2.05) is 37.3 Å². The fourth-order valence-corrected chi connectivity index (χ4v) is 5.64. The van der Waals surface area contributed by atoms with Crippen LogP contribution in [-0.2, 0) is 14.6 Å². The second-order valence-corrected chi connectivity index (χ2v) is 9.72. The molecular weight excluding hydrogens is 340 g/mol. The zero-order chi connectivity index (χ0) is 18.4. The average molecular weight is 369 g/mol. The van der Waals surface area contributed by atoms with Gasteiger partial charge in [0.1, 0.15) is 0 Å². The number of nitrogens with zero attached hydrogens (tertiary/aromatic N) is 4. The number of aromatic nitrogens is 2. The molecule has 0 bridgehead atoms. The van der Waals surface area contributed by atoms with E-state index >= 15 is 0 Å². The molecule has 0 aliphatic carbocycles. The highest BCUT2D eigenvalue weighted by molar-refractivity contribution is 7.91. The maximum atomic E-state index is 12.1. The lowest BCUT2D eigenvalue weighted by Gasteiger charge is -2.37. The first-order chi connectivity index (χ1) is 11.7. The number of rotatable bonds is 3. The van der Waals surface area contributed by atoms with Gasteiger partial charge >= 0.3 is 0 Å². The third-order valence-electron chi connectivity index (χ3n) is 5.24. The number of anilines is 1. The summed E-state index contributed by atoms with van der Waals surface area (Å²) in [7, 11) is -2.93. The molecular formula is C17H28N4O3S.